The van der Waals surface area contributed by atoms with Gasteiger partial charge in [-0.1, -0.05) is 12.1 Å². The molecule has 0 aliphatic carbocycles. The highest BCUT2D eigenvalue weighted by Crippen LogP contribution is 2.41. The van der Waals surface area contributed by atoms with Crippen LogP contribution in [0.15, 0.2) is 41.2 Å². The minimum absolute atomic E-state index is 0.0931. The van der Waals surface area contributed by atoms with Crippen LogP contribution in [0.2, 0.25) is 0 Å². The Morgan fingerprint density at radius 2 is 1.59 bits per heavy atom. The van der Waals surface area contributed by atoms with Crippen LogP contribution in [0.5, 0.6) is 23.0 Å². The van der Waals surface area contributed by atoms with Gasteiger partial charge in [-0.25, -0.2) is 0 Å². The fourth-order valence-corrected chi connectivity index (χ4v) is 3.61. The molecule has 1 atom stereocenters. The number of H-pyrrole nitrogens is 2. The molecule has 0 aliphatic rings. The number of benzene rings is 2. The maximum absolute atomic E-state index is 12.8. The van der Waals surface area contributed by atoms with Gasteiger partial charge in [-0.3, -0.25) is 14.7 Å². The number of aromatic amines is 2. The zero-order chi connectivity index (χ0) is 23.3. The molecule has 9 nitrogen and oxygen atoms in total. The van der Waals surface area contributed by atoms with Crippen molar-refractivity contribution in [3.05, 3.63) is 69.1 Å². The standard InChI is InChI=1S/C23H26N2O7/c1-29-15-7-5-13(6-8-15)9-17-21(23(28)25-24-17)16(12-20(26)32-4)14-10-18(30-2)22(27)19(11-14)31-3/h5-8,10-11,16,27H,9,12H2,1-4H3,(H2,24,25,28)/t16-/m0/s1. The Hall–Kier alpha value is -3.88. The summed E-state index contributed by atoms with van der Waals surface area (Å²) in [5.74, 6) is -0.276. The first kappa shape index (κ1) is 22.8. The summed E-state index contributed by atoms with van der Waals surface area (Å²) in [6.07, 6.45) is 0.326. The summed E-state index contributed by atoms with van der Waals surface area (Å²) in [5, 5.41) is 15.8. The summed E-state index contributed by atoms with van der Waals surface area (Å²) in [5.41, 5.74) is 2.16. The lowest BCUT2D eigenvalue weighted by Crippen LogP contribution is -2.18. The van der Waals surface area contributed by atoms with Crippen LogP contribution in [-0.4, -0.2) is 49.7 Å². The number of phenolic OH excluding ortho intramolecular Hbond substituents is 1. The van der Waals surface area contributed by atoms with Crippen LogP contribution in [0.3, 0.4) is 0 Å². The fourth-order valence-electron chi connectivity index (χ4n) is 3.61. The van der Waals surface area contributed by atoms with Crippen molar-refractivity contribution >= 4 is 5.97 Å². The molecule has 0 aliphatic heterocycles. The molecule has 0 saturated carbocycles. The lowest BCUT2D eigenvalue weighted by molar-refractivity contribution is -0.140. The average molecular weight is 442 g/mol. The summed E-state index contributed by atoms with van der Waals surface area (Å²) in [6, 6.07) is 10.6. The number of nitrogens with one attached hydrogen (secondary N) is 2. The molecule has 9 heteroatoms. The van der Waals surface area contributed by atoms with Crippen LogP contribution in [-0.2, 0) is 16.0 Å². The predicted octanol–water partition coefficient (Wildman–Crippen LogP) is 2.72. The molecular weight excluding hydrogens is 416 g/mol. The largest absolute Gasteiger partial charge is 0.502 e. The van der Waals surface area contributed by atoms with Crippen molar-refractivity contribution in [3.8, 4) is 23.0 Å². The number of carbonyl (C=O) groups excluding carboxylic acids is 1. The Kier molecular flexibility index (Phi) is 7.09. The lowest BCUT2D eigenvalue weighted by Gasteiger charge is -2.19. The smallest absolute Gasteiger partial charge is 0.306 e. The quantitative estimate of drug-likeness (QED) is 0.436. The molecule has 1 heterocycles. The highest BCUT2D eigenvalue weighted by Gasteiger charge is 2.28. The van der Waals surface area contributed by atoms with Crippen molar-refractivity contribution in [2.75, 3.05) is 28.4 Å². The number of carbonyl (C=O) groups is 1. The van der Waals surface area contributed by atoms with Crippen LogP contribution >= 0.6 is 0 Å². The van der Waals surface area contributed by atoms with Gasteiger partial charge in [0.05, 0.1) is 34.9 Å². The normalized spacial score (nSPS) is 11.6. The van der Waals surface area contributed by atoms with Gasteiger partial charge in [-0.15, -0.1) is 0 Å². The first-order chi connectivity index (χ1) is 15.4. The first-order valence-corrected chi connectivity index (χ1v) is 9.85. The van der Waals surface area contributed by atoms with Gasteiger partial charge in [0.25, 0.3) is 5.56 Å². The third-order valence-corrected chi connectivity index (χ3v) is 5.29. The fraction of sp³-hybridized carbons (Fsp3) is 0.304. The van der Waals surface area contributed by atoms with E-state index in [0.717, 1.165) is 11.3 Å². The van der Waals surface area contributed by atoms with E-state index in [1.165, 1.54) is 21.3 Å². The van der Waals surface area contributed by atoms with Crippen LogP contribution < -0.4 is 19.8 Å². The average Bonchev–Trinajstić information content (AvgIpc) is 3.17. The second-order valence-corrected chi connectivity index (χ2v) is 7.10. The van der Waals surface area contributed by atoms with E-state index in [-0.39, 0.29) is 29.2 Å². The molecule has 3 aromatic rings. The maximum Gasteiger partial charge on any atom is 0.306 e. The minimum atomic E-state index is -0.672. The van der Waals surface area contributed by atoms with Crippen LogP contribution in [0.4, 0.5) is 0 Å². The second kappa shape index (κ2) is 9.95. The Morgan fingerprint density at radius 1 is 0.969 bits per heavy atom. The Bertz CT molecular complexity index is 1110. The molecular formula is C23H26N2O7. The van der Waals surface area contributed by atoms with Crippen molar-refractivity contribution in [1.82, 2.24) is 10.2 Å². The number of aromatic nitrogens is 2. The molecule has 1 aromatic heterocycles. The van der Waals surface area contributed by atoms with Gasteiger partial charge in [0, 0.05) is 23.6 Å². The Labute approximate surface area is 184 Å². The highest BCUT2D eigenvalue weighted by atomic mass is 16.5. The molecule has 0 bridgehead atoms. The molecule has 0 radical (unpaired) electrons. The van der Waals surface area contributed by atoms with Gasteiger partial charge >= 0.3 is 5.97 Å². The van der Waals surface area contributed by atoms with Gasteiger partial charge in [0.1, 0.15) is 5.75 Å². The third kappa shape index (κ3) is 4.72. The summed E-state index contributed by atoms with van der Waals surface area (Å²) in [7, 11) is 5.70. The van der Waals surface area contributed by atoms with Crippen LogP contribution in [0.1, 0.15) is 34.7 Å². The van der Waals surface area contributed by atoms with Gasteiger partial charge in [-0.2, -0.15) is 0 Å². The van der Waals surface area contributed by atoms with Gasteiger partial charge < -0.3 is 29.2 Å². The number of esters is 1. The van der Waals surface area contributed by atoms with E-state index in [9.17, 15) is 14.7 Å². The van der Waals surface area contributed by atoms with E-state index in [0.29, 0.717) is 23.2 Å². The third-order valence-electron chi connectivity index (χ3n) is 5.29. The number of hydrogen-bond acceptors (Lipinski definition) is 7. The molecule has 0 saturated heterocycles. The van der Waals surface area contributed by atoms with Gasteiger partial charge in [0.15, 0.2) is 11.5 Å². The summed E-state index contributed by atoms with van der Waals surface area (Å²) < 4.78 is 20.6. The first-order valence-electron chi connectivity index (χ1n) is 9.85. The van der Waals surface area contributed by atoms with Crippen molar-refractivity contribution in [3.63, 3.8) is 0 Å². The van der Waals surface area contributed by atoms with E-state index in [1.807, 2.05) is 24.3 Å². The number of methoxy groups -OCH3 is 4. The van der Waals surface area contributed by atoms with Crippen molar-refractivity contribution < 1.29 is 28.8 Å². The molecule has 0 fully saturated rings. The molecule has 2 aromatic carbocycles. The lowest BCUT2D eigenvalue weighted by atomic mass is 9.87. The zero-order valence-electron chi connectivity index (χ0n) is 18.4. The Balaban J connectivity index is 2.10. The zero-order valence-corrected chi connectivity index (χ0v) is 18.4. The summed E-state index contributed by atoms with van der Waals surface area (Å²) >= 11 is 0. The van der Waals surface area contributed by atoms with E-state index >= 15 is 0 Å². The van der Waals surface area contributed by atoms with E-state index in [1.54, 1.807) is 19.2 Å². The monoisotopic (exact) mass is 442 g/mol. The van der Waals surface area contributed by atoms with Crippen LogP contribution in [0.25, 0.3) is 0 Å². The van der Waals surface area contributed by atoms with Crippen molar-refractivity contribution in [1.29, 1.82) is 0 Å². The number of ether oxygens (including phenoxy) is 4. The molecule has 3 N–H and O–H groups in total. The molecule has 0 amide bonds. The molecule has 32 heavy (non-hydrogen) atoms. The molecule has 0 spiro atoms. The van der Waals surface area contributed by atoms with E-state index in [2.05, 4.69) is 10.2 Å². The topological polar surface area (TPSA) is 123 Å². The summed E-state index contributed by atoms with van der Waals surface area (Å²) in [4.78, 5) is 25.1. The number of phenols is 1. The Morgan fingerprint density at radius 3 is 2.12 bits per heavy atom. The van der Waals surface area contributed by atoms with E-state index < -0.39 is 11.9 Å². The predicted molar refractivity (Wildman–Crippen MR) is 117 cm³/mol. The van der Waals surface area contributed by atoms with Gasteiger partial charge in [-0.05, 0) is 35.4 Å². The van der Waals surface area contributed by atoms with Crippen molar-refractivity contribution in [2.24, 2.45) is 0 Å². The number of aromatic hydroxyl groups is 1. The second-order valence-electron chi connectivity index (χ2n) is 7.10. The number of hydrogen-bond donors (Lipinski definition) is 3. The van der Waals surface area contributed by atoms with Crippen LogP contribution in [0, 0.1) is 0 Å². The van der Waals surface area contributed by atoms with Gasteiger partial charge in [0.2, 0.25) is 5.75 Å². The van der Waals surface area contributed by atoms with Crippen molar-refractivity contribution in [2.45, 2.75) is 18.8 Å². The van der Waals surface area contributed by atoms with E-state index in [4.69, 9.17) is 18.9 Å². The number of rotatable bonds is 9. The minimum Gasteiger partial charge on any atom is -0.502 e. The SMILES string of the molecule is COC(=O)C[C@@H](c1cc(OC)c(O)c(OC)c1)c1c(Cc2ccc(OC)cc2)[nH][nH]c1=O. The molecule has 170 valence electrons. The highest BCUT2D eigenvalue weighted by molar-refractivity contribution is 5.72. The summed E-state index contributed by atoms with van der Waals surface area (Å²) in [6.45, 7) is 0. The molecule has 0 unspecified atom stereocenters. The molecule has 3 rings (SSSR count). The maximum atomic E-state index is 12.8.